The Morgan fingerprint density at radius 2 is 1.49 bits per heavy atom. The molecule has 0 unspecified atom stereocenters. The highest BCUT2D eigenvalue weighted by atomic mass is 32.2. The van der Waals surface area contributed by atoms with Crippen molar-refractivity contribution >= 4 is 32.4 Å². The second-order valence-corrected chi connectivity index (χ2v) is 9.73. The van der Waals surface area contributed by atoms with Crippen LogP contribution in [0, 0.1) is 0 Å². The number of nitrogens with zero attached hydrogens (tertiary/aromatic N) is 1. The highest BCUT2D eigenvalue weighted by molar-refractivity contribution is 7.92. The normalized spacial score (nSPS) is 11.1. The maximum Gasteiger partial charge on any atom is 0.240 e. The van der Waals surface area contributed by atoms with Crippen LogP contribution in [0.1, 0.15) is 0 Å². The number of benzene rings is 4. The third-order valence-electron chi connectivity index (χ3n) is 5.22. The average molecular weight is 491 g/mol. The average Bonchev–Trinajstić information content (AvgIpc) is 2.86. The van der Waals surface area contributed by atoms with Gasteiger partial charge in [-0.25, -0.2) is 8.42 Å². The molecule has 0 aliphatic carbocycles. The van der Waals surface area contributed by atoms with E-state index in [9.17, 15) is 13.2 Å². The van der Waals surface area contributed by atoms with E-state index in [-0.39, 0.29) is 25.4 Å². The summed E-state index contributed by atoms with van der Waals surface area (Å²) < 4.78 is 37.9. The fraction of sp³-hybridized carbons (Fsp3) is 0.148. The highest BCUT2D eigenvalue weighted by Gasteiger charge is 2.24. The summed E-state index contributed by atoms with van der Waals surface area (Å²) in [7, 11) is -3.76. The Kier molecular flexibility index (Phi) is 7.52. The molecule has 7 nitrogen and oxygen atoms in total. The molecule has 0 aliphatic heterocycles. The highest BCUT2D eigenvalue weighted by Crippen LogP contribution is 2.33. The Labute approximate surface area is 205 Å². The van der Waals surface area contributed by atoms with Crippen molar-refractivity contribution in [3.8, 4) is 17.2 Å². The van der Waals surface area contributed by atoms with E-state index in [4.69, 9.17) is 9.47 Å². The number of nitrogens with one attached hydrogen (secondary N) is 1. The first kappa shape index (κ1) is 24.1. The summed E-state index contributed by atoms with van der Waals surface area (Å²) in [5.41, 5.74) is 0.279. The zero-order valence-corrected chi connectivity index (χ0v) is 20.1. The van der Waals surface area contributed by atoms with Gasteiger partial charge in [-0.15, -0.1) is 0 Å². The minimum absolute atomic E-state index is 0.224. The van der Waals surface area contributed by atoms with Gasteiger partial charge in [0.05, 0.1) is 18.5 Å². The van der Waals surface area contributed by atoms with E-state index in [1.807, 2.05) is 60.7 Å². The molecular weight excluding hydrogens is 464 g/mol. The lowest BCUT2D eigenvalue weighted by Crippen LogP contribution is -2.41. The lowest BCUT2D eigenvalue weighted by atomic mass is 10.1. The van der Waals surface area contributed by atoms with Gasteiger partial charge in [0.2, 0.25) is 15.9 Å². The number of ether oxygens (including phenoxy) is 2. The zero-order chi connectivity index (χ0) is 24.7. The second-order valence-electron chi connectivity index (χ2n) is 7.83. The van der Waals surface area contributed by atoms with Crippen molar-refractivity contribution in [1.29, 1.82) is 0 Å². The molecule has 0 aliphatic rings. The van der Waals surface area contributed by atoms with Crippen molar-refractivity contribution in [2.45, 2.75) is 0 Å². The van der Waals surface area contributed by atoms with Crippen molar-refractivity contribution in [3.63, 3.8) is 0 Å². The van der Waals surface area contributed by atoms with Crippen LogP contribution in [-0.2, 0) is 14.8 Å². The molecule has 0 fully saturated rings. The zero-order valence-electron chi connectivity index (χ0n) is 19.3. The molecule has 180 valence electrons. The van der Waals surface area contributed by atoms with Crippen molar-refractivity contribution < 1.29 is 22.7 Å². The summed E-state index contributed by atoms with van der Waals surface area (Å²) in [4.78, 5) is 12.7. The van der Waals surface area contributed by atoms with Crippen LogP contribution < -0.4 is 19.1 Å². The summed E-state index contributed by atoms with van der Waals surface area (Å²) >= 11 is 0. The Bertz CT molecular complexity index is 1400. The number of fused-ring (bicyclic) bond motifs is 1. The molecule has 0 bridgehead atoms. The lowest BCUT2D eigenvalue weighted by Gasteiger charge is -2.24. The molecule has 4 aromatic carbocycles. The van der Waals surface area contributed by atoms with Crippen LogP contribution in [0.25, 0.3) is 10.8 Å². The van der Waals surface area contributed by atoms with Crippen LogP contribution >= 0.6 is 0 Å². The number of sulfonamides is 1. The first-order valence-corrected chi connectivity index (χ1v) is 12.9. The molecule has 0 aromatic heterocycles. The van der Waals surface area contributed by atoms with Gasteiger partial charge in [0, 0.05) is 5.39 Å². The summed E-state index contributed by atoms with van der Waals surface area (Å²) in [6.45, 7) is 0.0798. The van der Waals surface area contributed by atoms with Crippen molar-refractivity contribution in [1.82, 2.24) is 5.32 Å². The number of rotatable bonds is 10. The van der Waals surface area contributed by atoms with Crippen LogP contribution in [0.2, 0.25) is 0 Å². The molecule has 1 amide bonds. The van der Waals surface area contributed by atoms with Gasteiger partial charge in [-0.2, -0.15) is 0 Å². The summed E-state index contributed by atoms with van der Waals surface area (Å²) in [6.07, 6.45) is 1.06. The van der Waals surface area contributed by atoms with E-state index in [1.165, 1.54) is 0 Å². The molecule has 4 rings (SSSR count). The number of anilines is 1. The number of amides is 1. The number of hydrogen-bond acceptors (Lipinski definition) is 5. The molecule has 35 heavy (non-hydrogen) atoms. The Balaban J connectivity index is 1.40. The van der Waals surface area contributed by atoms with Gasteiger partial charge in [-0.05, 0) is 35.7 Å². The maximum absolute atomic E-state index is 12.7. The first-order chi connectivity index (χ1) is 16.9. The molecule has 0 spiro atoms. The largest absolute Gasteiger partial charge is 0.491 e. The van der Waals surface area contributed by atoms with E-state index in [1.54, 1.807) is 36.4 Å². The molecule has 0 saturated heterocycles. The standard InChI is InChI=1S/C27H26N2O5S/c1-35(31,32)29(24-15-7-8-16-26(24)34-22-12-3-2-4-13-22)20-27(30)28-18-19-33-25-17-9-11-21-10-5-6-14-23(21)25/h2-17H,18-20H2,1H3,(H,28,30). The molecule has 4 aromatic rings. The second kappa shape index (κ2) is 10.9. The quantitative estimate of drug-likeness (QED) is 0.329. The van der Waals surface area contributed by atoms with Gasteiger partial charge in [0.15, 0.2) is 5.75 Å². The third-order valence-corrected chi connectivity index (χ3v) is 6.35. The van der Waals surface area contributed by atoms with Gasteiger partial charge in [0.1, 0.15) is 24.7 Å². The molecule has 0 heterocycles. The minimum atomic E-state index is -3.76. The Hall–Kier alpha value is -4.04. The fourth-order valence-corrected chi connectivity index (χ4v) is 4.47. The maximum atomic E-state index is 12.7. The van der Waals surface area contributed by atoms with Crippen LogP contribution in [0.5, 0.6) is 17.2 Å². The predicted octanol–water partition coefficient (Wildman–Crippen LogP) is 4.59. The summed E-state index contributed by atoms with van der Waals surface area (Å²) in [5, 5.41) is 4.78. The Morgan fingerprint density at radius 1 is 0.829 bits per heavy atom. The van der Waals surface area contributed by atoms with Gasteiger partial charge < -0.3 is 14.8 Å². The van der Waals surface area contributed by atoms with Crippen LogP contribution in [0.15, 0.2) is 97.1 Å². The number of carbonyl (C=O) groups excluding carboxylic acids is 1. The van der Waals surface area contributed by atoms with Crippen molar-refractivity contribution in [3.05, 3.63) is 97.1 Å². The van der Waals surface area contributed by atoms with E-state index in [0.717, 1.165) is 27.1 Å². The van der Waals surface area contributed by atoms with E-state index >= 15 is 0 Å². The van der Waals surface area contributed by atoms with Gasteiger partial charge in [-0.1, -0.05) is 66.7 Å². The SMILES string of the molecule is CS(=O)(=O)N(CC(=O)NCCOc1cccc2ccccc12)c1ccccc1Oc1ccccc1. The fourth-order valence-electron chi connectivity index (χ4n) is 3.61. The molecule has 0 atom stereocenters. The van der Waals surface area contributed by atoms with E-state index < -0.39 is 15.9 Å². The minimum Gasteiger partial charge on any atom is -0.491 e. The monoisotopic (exact) mass is 490 g/mol. The molecule has 0 saturated carbocycles. The van der Waals surface area contributed by atoms with Crippen LogP contribution in [0.4, 0.5) is 5.69 Å². The van der Waals surface area contributed by atoms with E-state index in [2.05, 4.69) is 5.32 Å². The van der Waals surface area contributed by atoms with Gasteiger partial charge >= 0.3 is 0 Å². The molecule has 8 heteroatoms. The molecular formula is C27H26N2O5S. The Morgan fingerprint density at radius 3 is 2.29 bits per heavy atom. The van der Waals surface area contributed by atoms with Crippen LogP contribution in [0.3, 0.4) is 0 Å². The van der Waals surface area contributed by atoms with Gasteiger partial charge in [-0.3, -0.25) is 9.10 Å². The number of carbonyl (C=O) groups is 1. The summed E-state index contributed by atoms with van der Waals surface area (Å²) in [5.74, 6) is 1.16. The lowest BCUT2D eigenvalue weighted by molar-refractivity contribution is -0.119. The number of para-hydroxylation sites is 3. The third kappa shape index (κ3) is 6.30. The van der Waals surface area contributed by atoms with Gasteiger partial charge in [0.25, 0.3) is 0 Å². The van der Waals surface area contributed by atoms with Crippen molar-refractivity contribution in [2.24, 2.45) is 0 Å². The first-order valence-electron chi connectivity index (χ1n) is 11.1. The summed E-state index contributed by atoms with van der Waals surface area (Å²) in [6, 6.07) is 29.4. The molecule has 1 N–H and O–H groups in total. The number of hydrogen-bond donors (Lipinski definition) is 1. The smallest absolute Gasteiger partial charge is 0.240 e. The molecule has 0 radical (unpaired) electrons. The van der Waals surface area contributed by atoms with Crippen molar-refractivity contribution in [2.75, 3.05) is 30.3 Å². The predicted molar refractivity (Wildman–Crippen MR) is 138 cm³/mol. The van der Waals surface area contributed by atoms with E-state index in [0.29, 0.717) is 11.5 Å². The topological polar surface area (TPSA) is 84.9 Å². The van der Waals surface area contributed by atoms with Crippen LogP contribution in [-0.4, -0.2) is 40.3 Å².